The summed E-state index contributed by atoms with van der Waals surface area (Å²) in [5.41, 5.74) is 0.609. The summed E-state index contributed by atoms with van der Waals surface area (Å²) in [4.78, 5) is 20.4. The van der Waals surface area contributed by atoms with Gasteiger partial charge in [-0.25, -0.2) is 4.98 Å². The Balaban J connectivity index is 1.43. The second-order valence-corrected chi connectivity index (χ2v) is 18.3. The average Bonchev–Trinajstić information content (AvgIpc) is 2.86. The first-order valence-corrected chi connectivity index (χ1v) is 18.2. The molecule has 2 N–H and O–H groups in total. The van der Waals surface area contributed by atoms with Gasteiger partial charge in [-0.1, -0.05) is 12.8 Å². The maximum absolute atomic E-state index is 5.65. The molecule has 1 aromatic heterocycles. The van der Waals surface area contributed by atoms with Crippen LogP contribution in [0.2, 0.25) is 0 Å². The Labute approximate surface area is 276 Å². The number of piperidine rings is 2. The Morgan fingerprint density at radius 3 is 1.69 bits per heavy atom. The fourth-order valence-corrected chi connectivity index (χ4v) is 9.16. The topological polar surface area (TPSA) is 78.4 Å². The molecule has 4 rings (SSSR count). The molecular formula is C37H69N7O. The molecule has 8 nitrogen and oxygen atoms in total. The van der Waals surface area contributed by atoms with Crippen LogP contribution in [0.25, 0.3) is 0 Å². The number of nitrogens with zero attached hydrogens (tertiary/aromatic N) is 5. The van der Waals surface area contributed by atoms with Crippen LogP contribution in [0.4, 0.5) is 5.95 Å². The van der Waals surface area contributed by atoms with Crippen molar-refractivity contribution < 1.29 is 4.74 Å². The van der Waals surface area contributed by atoms with E-state index in [1.807, 2.05) is 6.92 Å². The van der Waals surface area contributed by atoms with Crippen molar-refractivity contribution in [2.45, 2.75) is 193 Å². The molecule has 1 aromatic rings. The third kappa shape index (κ3) is 10.6. The fraction of sp³-hybridized carbons (Fsp3) is 0.919. The van der Waals surface area contributed by atoms with Crippen molar-refractivity contribution in [2.75, 3.05) is 31.2 Å². The third-order valence-electron chi connectivity index (χ3n) is 10.2. The Morgan fingerprint density at radius 1 is 0.689 bits per heavy atom. The molecule has 0 bridgehead atoms. The van der Waals surface area contributed by atoms with Gasteiger partial charge in [0, 0.05) is 65.5 Å². The Morgan fingerprint density at radius 2 is 1.18 bits per heavy atom. The van der Waals surface area contributed by atoms with Gasteiger partial charge in [-0.15, -0.1) is 0 Å². The van der Waals surface area contributed by atoms with Crippen molar-refractivity contribution in [3.05, 3.63) is 11.6 Å². The minimum Gasteiger partial charge on any atom is -0.381 e. The van der Waals surface area contributed by atoms with Crippen LogP contribution in [-0.2, 0) is 4.74 Å². The number of unbranched alkanes of at least 4 members (excludes halogenated alkanes) is 3. The summed E-state index contributed by atoms with van der Waals surface area (Å²) in [5, 5.41) is 7.77. The minimum atomic E-state index is 0.0600. The molecule has 0 saturated carbocycles. The number of rotatable bonds is 11. The zero-order valence-electron chi connectivity index (χ0n) is 31.3. The number of anilines is 1. The number of hydrogen-bond acceptors (Lipinski definition) is 8. The van der Waals surface area contributed by atoms with Gasteiger partial charge in [-0.3, -0.25) is 4.90 Å². The van der Waals surface area contributed by atoms with E-state index in [4.69, 9.17) is 19.7 Å². The van der Waals surface area contributed by atoms with Crippen molar-refractivity contribution in [1.29, 1.82) is 0 Å². The molecule has 0 unspecified atom stereocenters. The summed E-state index contributed by atoms with van der Waals surface area (Å²) >= 11 is 0. The van der Waals surface area contributed by atoms with Crippen LogP contribution in [0.3, 0.4) is 0 Å². The lowest BCUT2D eigenvalue weighted by Gasteiger charge is -2.53. The zero-order valence-corrected chi connectivity index (χ0v) is 31.3. The number of aryl methyl sites for hydroxylation is 1. The Bertz CT molecular complexity index is 1070. The highest BCUT2D eigenvalue weighted by atomic mass is 16.5. The van der Waals surface area contributed by atoms with E-state index in [1.165, 1.54) is 38.6 Å². The molecule has 4 heterocycles. The SMILES string of the molecule is Cc1nc(C2CCOCC2)nc(N(CCCCCCN(C2CC(C)(C)NC(C)(C)C2)C(C)(C)C)C2CC(C)(C)NC(C)(C)C2)n1. The lowest BCUT2D eigenvalue weighted by atomic mass is 9.78. The molecule has 3 fully saturated rings. The molecule has 8 heteroatoms. The van der Waals surface area contributed by atoms with E-state index in [0.717, 1.165) is 69.5 Å². The number of nitrogens with one attached hydrogen (secondary N) is 2. The van der Waals surface area contributed by atoms with E-state index in [9.17, 15) is 0 Å². The normalized spacial score (nSPS) is 24.2. The maximum atomic E-state index is 5.65. The van der Waals surface area contributed by atoms with Crippen LogP contribution >= 0.6 is 0 Å². The zero-order chi connectivity index (χ0) is 33.3. The summed E-state index contributed by atoms with van der Waals surface area (Å²) in [6.07, 6.45) is 11.4. The first kappa shape index (κ1) is 36.5. The van der Waals surface area contributed by atoms with Crippen LogP contribution < -0.4 is 15.5 Å². The monoisotopic (exact) mass is 628 g/mol. The lowest BCUT2D eigenvalue weighted by Crippen LogP contribution is -2.64. The molecule has 0 radical (unpaired) electrons. The molecular weight excluding hydrogens is 558 g/mol. The molecule has 0 spiro atoms. The van der Waals surface area contributed by atoms with Crippen LogP contribution in [-0.4, -0.2) is 85.9 Å². The van der Waals surface area contributed by atoms with E-state index in [-0.39, 0.29) is 27.7 Å². The van der Waals surface area contributed by atoms with E-state index in [1.54, 1.807) is 0 Å². The van der Waals surface area contributed by atoms with Gasteiger partial charge < -0.3 is 20.3 Å². The summed E-state index contributed by atoms with van der Waals surface area (Å²) in [6.45, 7) is 31.9. The fourth-order valence-electron chi connectivity index (χ4n) is 9.16. The van der Waals surface area contributed by atoms with Gasteiger partial charge in [0.1, 0.15) is 11.6 Å². The molecule has 3 aliphatic heterocycles. The molecule has 3 saturated heterocycles. The van der Waals surface area contributed by atoms with Crippen molar-refractivity contribution >= 4 is 5.95 Å². The predicted octanol–water partition coefficient (Wildman–Crippen LogP) is 7.16. The molecule has 0 amide bonds. The van der Waals surface area contributed by atoms with Crippen molar-refractivity contribution in [3.63, 3.8) is 0 Å². The maximum Gasteiger partial charge on any atom is 0.229 e. The molecule has 258 valence electrons. The van der Waals surface area contributed by atoms with Gasteiger partial charge in [-0.05, 0) is 141 Å². The summed E-state index contributed by atoms with van der Waals surface area (Å²) in [7, 11) is 0. The smallest absolute Gasteiger partial charge is 0.229 e. The van der Waals surface area contributed by atoms with Gasteiger partial charge >= 0.3 is 0 Å². The number of ether oxygens (including phenoxy) is 1. The largest absolute Gasteiger partial charge is 0.381 e. The van der Waals surface area contributed by atoms with Gasteiger partial charge in [0.15, 0.2) is 0 Å². The number of aromatic nitrogens is 3. The standard InChI is InChI=1S/C37H69N7O/c1-27-38-31(28-17-21-45-22-18-28)40-32(39-27)43(29-23-34(5,6)41-35(7,8)24-29)19-15-13-14-16-20-44(33(2,3)4)30-25-36(9,10)42-37(11,12)26-30/h28-30,41-42H,13-26H2,1-12H3. The molecule has 3 aliphatic rings. The summed E-state index contributed by atoms with van der Waals surface area (Å²) in [6, 6.07) is 0.999. The average molecular weight is 628 g/mol. The molecule has 0 aromatic carbocycles. The molecule has 45 heavy (non-hydrogen) atoms. The second-order valence-electron chi connectivity index (χ2n) is 18.3. The van der Waals surface area contributed by atoms with Crippen molar-refractivity contribution in [2.24, 2.45) is 0 Å². The van der Waals surface area contributed by atoms with Crippen LogP contribution in [0.1, 0.15) is 158 Å². The Hall–Kier alpha value is -1.35. The van der Waals surface area contributed by atoms with E-state index < -0.39 is 0 Å². The van der Waals surface area contributed by atoms with Crippen molar-refractivity contribution in [1.82, 2.24) is 30.5 Å². The van der Waals surface area contributed by atoms with E-state index >= 15 is 0 Å². The summed E-state index contributed by atoms with van der Waals surface area (Å²) in [5.74, 6) is 3.05. The number of hydrogen-bond donors (Lipinski definition) is 2. The van der Waals surface area contributed by atoms with Crippen molar-refractivity contribution in [3.8, 4) is 0 Å². The van der Waals surface area contributed by atoms with Gasteiger partial charge in [-0.2, -0.15) is 9.97 Å². The van der Waals surface area contributed by atoms with Gasteiger partial charge in [0.25, 0.3) is 0 Å². The summed E-state index contributed by atoms with van der Waals surface area (Å²) < 4.78 is 5.65. The highest BCUT2D eigenvalue weighted by molar-refractivity contribution is 5.34. The van der Waals surface area contributed by atoms with Crippen LogP contribution in [0.15, 0.2) is 0 Å². The van der Waals surface area contributed by atoms with E-state index in [0.29, 0.717) is 18.0 Å². The second kappa shape index (κ2) is 14.0. The van der Waals surface area contributed by atoms with Crippen LogP contribution in [0.5, 0.6) is 0 Å². The first-order chi connectivity index (χ1) is 20.7. The molecule has 0 aliphatic carbocycles. The Kier molecular flexibility index (Phi) is 11.4. The van der Waals surface area contributed by atoms with Crippen LogP contribution in [0, 0.1) is 6.92 Å². The first-order valence-electron chi connectivity index (χ1n) is 18.2. The third-order valence-corrected chi connectivity index (χ3v) is 10.2. The highest BCUT2D eigenvalue weighted by Crippen LogP contribution is 2.36. The lowest BCUT2D eigenvalue weighted by molar-refractivity contribution is 0.0111. The highest BCUT2D eigenvalue weighted by Gasteiger charge is 2.43. The van der Waals surface area contributed by atoms with Gasteiger partial charge in [0.2, 0.25) is 5.95 Å². The van der Waals surface area contributed by atoms with E-state index in [2.05, 4.69) is 96.6 Å². The van der Waals surface area contributed by atoms with Gasteiger partial charge in [0.05, 0.1) is 0 Å². The quantitative estimate of drug-likeness (QED) is 0.250. The predicted molar refractivity (Wildman–Crippen MR) is 188 cm³/mol. The minimum absolute atomic E-state index is 0.0600. The molecule has 0 atom stereocenters.